The van der Waals surface area contributed by atoms with Crippen LogP contribution in [0.2, 0.25) is 0 Å². The van der Waals surface area contributed by atoms with Crippen molar-refractivity contribution >= 4 is 15.9 Å². The average molecular weight is 290 g/mol. The molecular weight excluding hydrogens is 276 g/mol. The summed E-state index contributed by atoms with van der Waals surface area (Å²) in [5, 5.41) is 0. The Balaban J connectivity index is 2.51. The maximum absolute atomic E-state index is 14.0. The van der Waals surface area contributed by atoms with Gasteiger partial charge in [0.05, 0.1) is 4.47 Å². The van der Waals surface area contributed by atoms with Crippen LogP contribution in [0.3, 0.4) is 0 Å². The van der Waals surface area contributed by atoms with Crippen molar-refractivity contribution in [2.24, 2.45) is 5.73 Å². The van der Waals surface area contributed by atoms with Gasteiger partial charge >= 0.3 is 0 Å². The molecule has 1 aliphatic rings. The van der Waals surface area contributed by atoms with Gasteiger partial charge in [-0.3, -0.25) is 0 Å². The highest BCUT2D eigenvalue weighted by Crippen LogP contribution is 2.43. The van der Waals surface area contributed by atoms with Crippen LogP contribution in [0, 0.1) is 11.6 Å². The van der Waals surface area contributed by atoms with E-state index in [0.29, 0.717) is 10.9 Å². The summed E-state index contributed by atoms with van der Waals surface area (Å²) >= 11 is 3.09. The van der Waals surface area contributed by atoms with Crippen molar-refractivity contribution in [3.63, 3.8) is 0 Å². The van der Waals surface area contributed by atoms with Gasteiger partial charge in [0.2, 0.25) is 0 Å². The van der Waals surface area contributed by atoms with Gasteiger partial charge in [-0.25, -0.2) is 8.78 Å². The smallest absolute Gasteiger partial charge is 0.144 e. The largest absolute Gasteiger partial charge is 0.328 e. The minimum atomic E-state index is -0.489. The third kappa shape index (κ3) is 1.89. The van der Waals surface area contributed by atoms with Crippen LogP contribution in [0.15, 0.2) is 16.6 Å². The lowest BCUT2D eigenvalue weighted by Gasteiger charge is -2.26. The summed E-state index contributed by atoms with van der Waals surface area (Å²) in [6.07, 6.45) is 2.19. The Morgan fingerprint density at radius 3 is 2.69 bits per heavy atom. The first-order chi connectivity index (χ1) is 7.44. The first kappa shape index (κ1) is 12.0. The van der Waals surface area contributed by atoms with Gasteiger partial charge in [0, 0.05) is 11.6 Å². The second-order valence-corrected chi connectivity index (χ2v) is 5.64. The van der Waals surface area contributed by atoms with Crippen LogP contribution in [0.5, 0.6) is 0 Å². The molecule has 1 aliphatic carbocycles. The quantitative estimate of drug-likeness (QED) is 0.787. The fourth-order valence-electron chi connectivity index (χ4n) is 2.59. The van der Waals surface area contributed by atoms with E-state index < -0.39 is 17.0 Å². The first-order valence-electron chi connectivity index (χ1n) is 5.33. The minimum absolute atomic E-state index is 0.0442. The Hall–Kier alpha value is -0.480. The van der Waals surface area contributed by atoms with Crippen molar-refractivity contribution in [1.29, 1.82) is 0 Å². The van der Waals surface area contributed by atoms with Crippen LogP contribution in [0.1, 0.15) is 31.7 Å². The Morgan fingerprint density at radius 1 is 1.44 bits per heavy atom. The average Bonchev–Trinajstić information content (AvgIpc) is 2.54. The van der Waals surface area contributed by atoms with Crippen molar-refractivity contribution in [1.82, 2.24) is 0 Å². The van der Waals surface area contributed by atoms with E-state index in [0.717, 1.165) is 12.8 Å². The van der Waals surface area contributed by atoms with Gasteiger partial charge in [-0.15, -0.1) is 0 Å². The monoisotopic (exact) mass is 289 g/mol. The summed E-state index contributed by atoms with van der Waals surface area (Å²) < 4.78 is 28.0. The maximum Gasteiger partial charge on any atom is 0.144 e. The summed E-state index contributed by atoms with van der Waals surface area (Å²) in [5.41, 5.74) is 5.53. The van der Waals surface area contributed by atoms with E-state index in [1.807, 2.05) is 6.92 Å². The lowest BCUT2D eigenvalue weighted by Crippen LogP contribution is -2.25. The Kier molecular flexibility index (Phi) is 3.05. The molecular formula is C12H14BrF2N. The predicted octanol–water partition coefficient (Wildman–Crippen LogP) is 3.50. The van der Waals surface area contributed by atoms with Crippen molar-refractivity contribution in [3.8, 4) is 0 Å². The normalized spacial score (nSPS) is 29.7. The molecule has 0 amide bonds. The van der Waals surface area contributed by atoms with Gasteiger partial charge in [0.1, 0.15) is 11.6 Å². The Morgan fingerprint density at radius 2 is 2.12 bits per heavy atom. The van der Waals surface area contributed by atoms with E-state index in [4.69, 9.17) is 5.73 Å². The molecule has 2 rings (SSSR count). The minimum Gasteiger partial charge on any atom is -0.328 e. The third-order valence-corrected chi connectivity index (χ3v) is 4.04. The lowest BCUT2D eigenvalue weighted by atomic mass is 9.80. The zero-order valence-corrected chi connectivity index (χ0v) is 10.7. The number of benzene rings is 1. The molecule has 0 saturated heterocycles. The van der Waals surface area contributed by atoms with Crippen LogP contribution < -0.4 is 5.73 Å². The molecule has 4 heteroatoms. The zero-order chi connectivity index (χ0) is 11.9. The van der Waals surface area contributed by atoms with Gasteiger partial charge in [-0.1, -0.05) is 6.92 Å². The van der Waals surface area contributed by atoms with E-state index in [1.165, 1.54) is 12.1 Å². The Labute approximate surface area is 102 Å². The highest BCUT2D eigenvalue weighted by Gasteiger charge is 2.39. The highest BCUT2D eigenvalue weighted by molar-refractivity contribution is 9.10. The molecule has 1 saturated carbocycles. The van der Waals surface area contributed by atoms with Gasteiger partial charge in [-0.2, -0.15) is 0 Å². The third-order valence-electron chi connectivity index (χ3n) is 3.43. The molecule has 2 N–H and O–H groups in total. The number of hydrogen-bond acceptors (Lipinski definition) is 1. The Bertz CT molecular complexity index is 422. The van der Waals surface area contributed by atoms with Gasteiger partial charge in [0.15, 0.2) is 0 Å². The van der Waals surface area contributed by atoms with E-state index in [-0.39, 0.29) is 11.6 Å². The molecule has 1 nitrogen and oxygen atoms in total. The van der Waals surface area contributed by atoms with Crippen molar-refractivity contribution in [3.05, 3.63) is 33.8 Å². The number of nitrogens with two attached hydrogens (primary N) is 1. The standard InChI is InChI=1S/C12H14BrF2N/c1-12(5-4-7(16)6-12)10-9(14)3-2-8(13)11(10)15/h2-3,7H,4-6,16H2,1H3. The summed E-state index contributed by atoms with van der Waals surface area (Å²) in [7, 11) is 0. The van der Waals surface area contributed by atoms with Gasteiger partial charge < -0.3 is 5.73 Å². The molecule has 2 atom stereocenters. The predicted molar refractivity (Wildman–Crippen MR) is 63.2 cm³/mol. The van der Waals surface area contributed by atoms with Crippen LogP contribution in [-0.4, -0.2) is 6.04 Å². The zero-order valence-electron chi connectivity index (χ0n) is 9.06. The second kappa shape index (κ2) is 4.08. The topological polar surface area (TPSA) is 26.0 Å². The van der Waals surface area contributed by atoms with E-state index in [1.54, 1.807) is 0 Å². The molecule has 0 aliphatic heterocycles. The molecule has 88 valence electrons. The lowest BCUT2D eigenvalue weighted by molar-refractivity contribution is 0.418. The van der Waals surface area contributed by atoms with Crippen molar-refractivity contribution in [2.45, 2.75) is 37.6 Å². The first-order valence-corrected chi connectivity index (χ1v) is 6.13. The van der Waals surface area contributed by atoms with Gasteiger partial charge in [-0.05, 0) is 52.7 Å². The van der Waals surface area contributed by atoms with Gasteiger partial charge in [0.25, 0.3) is 0 Å². The number of hydrogen-bond donors (Lipinski definition) is 1. The molecule has 0 bridgehead atoms. The number of rotatable bonds is 1. The van der Waals surface area contributed by atoms with Crippen LogP contribution in [0.25, 0.3) is 0 Å². The molecule has 1 aromatic rings. The summed E-state index contributed by atoms with van der Waals surface area (Å²) in [6.45, 7) is 1.88. The molecule has 0 radical (unpaired) electrons. The molecule has 0 aromatic heterocycles. The molecule has 1 fully saturated rings. The molecule has 16 heavy (non-hydrogen) atoms. The van der Waals surface area contributed by atoms with E-state index in [9.17, 15) is 8.78 Å². The van der Waals surface area contributed by atoms with Crippen molar-refractivity contribution < 1.29 is 8.78 Å². The maximum atomic E-state index is 14.0. The molecule has 0 heterocycles. The fraction of sp³-hybridized carbons (Fsp3) is 0.500. The summed E-state index contributed by atoms with van der Waals surface area (Å²) in [4.78, 5) is 0. The second-order valence-electron chi connectivity index (χ2n) is 4.78. The summed E-state index contributed by atoms with van der Waals surface area (Å²) in [6, 6.07) is 2.74. The van der Waals surface area contributed by atoms with Crippen LogP contribution in [-0.2, 0) is 5.41 Å². The van der Waals surface area contributed by atoms with E-state index >= 15 is 0 Å². The SMILES string of the molecule is CC1(c2c(F)ccc(Br)c2F)CCC(N)C1. The highest BCUT2D eigenvalue weighted by atomic mass is 79.9. The molecule has 0 spiro atoms. The molecule has 1 aromatic carbocycles. The van der Waals surface area contributed by atoms with E-state index in [2.05, 4.69) is 15.9 Å². The fourth-order valence-corrected chi connectivity index (χ4v) is 2.92. The van der Waals surface area contributed by atoms with Crippen LogP contribution in [0.4, 0.5) is 8.78 Å². The number of halogens is 3. The van der Waals surface area contributed by atoms with Crippen LogP contribution >= 0.6 is 15.9 Å². The summed E-state index contributed by atoms with van der Waals surface area (Å²) in [5.74, 6) is -0.964. The molecule has 2 unspecified atom stereocenters. The van der Waals surface area contributed by atoms with Crippen molar-refractivity contribution in [2.75, 3.05) is 0 Å².